The van der Waals surface area contributed by atoms with Crippen LogP contribution in [0.1, 0.15) is 42.6 Å². The number of benzene rings is 1. The fourth-order valence-electron chi connectivity index (χ4n) is 1.69. The number of hydrogen-bond acceptors (Lipinski definition) is 2. The van der Waals surface area contributed by atoms with Crippen LogP contribution < -0.4 is 0 Å². The van der Waals surface area contributed by atoms with Crippen LogP contribution in [0.2, 0.25) is 0 Å². The molecule has 0 aliphatic carbocycles. The normalized spacial score (nSPS) is 12.4. The lowest BCUT2D eigenvalue weighted by molar-refractivity contribution is 0.101. The second-order valence-corrected chi connectivity index (χ2v) is 4.44. The molecule has 0 radical (unpaired) electrons. The van der Waals surface area contributed by atoms with Crippen molar-refractivity contribution >= 4 is 5.78 Å². The van der Waals surface area contributed by atoms with Gasteiger partial charge in [-0.3, -0.25) is 4.79 Å². The molecule has 0 saturated heterocycles. The third-order valence-electron chi connectivity index (χ3n) is 2.81. The minimum absolute atomic E-state index is 0.116. The van der Waals surface area contributed by atoms with Crippen LogP contribution in [-0.2, 0) is 6.42 Å². The zero-order valence-corrected chi connectivity index (χ0v) is 10.1. The molecule has 0 amide bonds. The maximum Gasteiger partial charge on any atom is 0.159 e. The fraction of sp³-hybridized carbons (Fsp3) is 0.500. The lowest BCUT2D eigenvalue weighted by atomic mass is 10.00. The Kier molecular flexibility index (Phi) is 5.20. The molecule has 88 valence electrons. The average molecular weight is 220 g/mol. The molecular weight excluding hydrogens is 200 g/mol. The molecule has 1 aromatic rings. The van der Waals surface area contributed by atoms with Crippen molar-refractivity contribution in [1.82, 2.24) is 0 Å². The number of rotatable bonds is 6. The summed E-state index contributed by atoms with van der Waals surface area (Å²) in [5, 5.41) is 8.90. The van der Waals surface area contributed by atoms with Gasteiger partial charge in [-0.15, -0.1) is 0 Å². The number of carbonyl (C=O) groups excluding carboxylic acids is 1. The number of hydrogen-bond donors (Lipinski definition) is 1. The monoisotopic (exact) mass is 220 g/mol. The molecule has 1 atom stereocenters. The molecule has 0 saturated carbocycles. The summed E-state index contributed by atoms with van der Waals surface area (Å²) in [6.07, 6.45) is 3.06. The van der Waals surface area contributed by atoms with Gasteiger partial charge in [0.2, 0.25) is 0 Å². The van der Waals surface area contributed by atoms with Gasteiger partial charge in [-0.1, -0.05) is 25.1 Å². The van der Waals surface area contributed by atoms with E-state index < -0.39 is 0 Å². The zero-order valence-electron chi connectivity index (χ0n) is 10.1. The summed E-state index contributed by atoms with van der Waals surface area (Å²) in [6, 6.07) is 7.80. The van der Waals surface area contributed by atoms with E-state index in [0.29, 0.717) is 5.92 Å². The van der Waals surface area contributed by atoms with Crippen molar-refractivity contribution in [2.75, 3.05) is 6.61 Å². The molecule has 0 heterocycles. The van der Waals surface area contributed by atoms with E-state index in [1.165, 1.54) is 5.56 Å². The number of Topliss-reactive ketones (excluding diaryl/α,β-unsaturated/α-hetero) is 1. The van der Waals surface area contributed by atoms with Crippen molar-refractivity contribution in [2.24, 2.45) is 5.92 Å². The summed E-state index contributed by atoms with van der Waals surface area (Å²) < 4.78 is 0. The molecule has 2 nitrogen and oxygen atoms in total. The van der Waals surface area contributed by atoms with E-state index in [9.17, 15) is 4.79 Å². The van der Waals surface area contributed by atoms with E-state index >= 15 is 0 Å². The SMILES string of the molecule is CC(=O)c1cccc(CCCC(C)CO)c1. The molecule has 0 aromatic heterocycles. The maximum absolute atomic E-state index is 11.2. The van der Waals surface area contributed by atoms with Crippen LogP contribution in [-0.4, -0.2) is 17.5 Å². The van der Waals surface area contributed by atoms with Crippen molar-refractivity contribution in [1.29, 1.82) is 0 Å². The highest BCUT2D eigenvalue weighted by atomic mass is 16.3. The Bertz CT molecular complexity index is 344. The largest absolute Gasteiger partial charge is 0.396 e. The van der Waals surface area contributed by atoms with Gasteiger partial charge in [0.25, 0.3) is 0 Å². The van der Waals surface area contributed by atoms with Gasteiger partial charge in [0.05, 0.1) is 0 Å². The molecule has 1 aromatic carbocycles. The molecule has 16 heavy (non-hydrogen) atoms. The van der Waals surface area contributed by atoms with E-state index in [0.717, 1.165) is 24.8 Å². The highest BCUT2D eigenvalue weighted by Crippen LogP contribution is 2.12. The maximum atomic E-state index is 11.2. The number of carbonyl (C=O) groups is 1. The van der Waals surface area contributed by atoms with Gasteiger partial charge in [0.15, 0.2) is 5.78 Å². The molecule has 0 fully saturated rings. The summed E-state index contributed by atoms with van der Waals surface area (Å²) in [4.78, 5) is 11.2. The smallest absolute Gasteiger partial charge is 0.159 e. The lowest BCUT2D eigenvalue weighted by Crippen LogP contribution is -2.01. The Morgan fingerprint density at radius 1 is 1.44 bits per heavy atom. The minimum Gasteiger partial charge on any atom is -0.396 e. The first-order chi connectivity index (χ1) is 7.63. The van der Waals surface area contributed by atoms with Crippen LogP contribution >= 0.6 is 0 Å². The van der Waals surface area contributed by atoms with Crippen molar-refractivity contribution in [3.8, 4) is 0 Å². The van der Waals surface area contributed by atoms with Crippen LogP contribution in [0.4, 0.5) is 0 Å². The van der Waals surface area contributed by atoms with Crippen LogP contribution in [0.15, 0.2) is 24.3 Å². The summed E-state index contributed by atoms with van der Waals surface area (Å²) in [5.41, 5.74) is 1.99. The molecule has 1 unspecified atom stereocenters. The zero-order chi connectivity index (χ0) is 12.0. The van der Waals surface area contributed by atoms with Crippen molar-refractivity contribution < 1.29 is 9.90 Å². The van der Waals surface area contributed by atoms with Gasteiger partial charge in [0, 0.05) is 12.2 Å². The molecule has 2 heteroatoms. The Balaban J connectivity index is 2.48. The van der Waals surface area contributed by atoms with E-state index in [-0.39, 0.29) is 12.4 Å². The average Bonchev–Trinajstić information content (AvgIpc) is 2.29. The topological polar surface area (TPSA) is 37.3 Å². The van der Waals surface area contributed by atoms with E-state index in [1.807, 2.05) is 25.1 Å². The van der Waals surface area contributed by atoms with E-state index in [4.69, 9.17) is 5.11 Å². The second kappa shape index (κ2) is 6.44. The van der Waals surface area contributed by atoms with Crippen molar-refractivity contribution in [3.63, 3.8) is 0 Å². The Hall–Kier alpha value is -1.15. The molecule has 0 aliphatic heterocycles. The van der Waals surface area contributed by atoms with Gasteiger partial charge in [-0.05, 0) is 43.7 Å². The lowest BCUT2D eigenvalue weighted by Gasteiger charge is -2.07. The van der Waals surface area contributed by atoms with Gasteiger partial charge in [-0.25, -0.2) is 0 Å². The van der Waals surface area contributed by atoms with E-state index in [1.54, 1.807) is 6.92 Å². The van der Waals surface area contributed by atoms with Crippen LogP contribution in [0.5, 0.6) is 0 Å². The van der Waals surface area contributed by atoms with Crippen LogP contribution in [0, 0.1) is 5.92 Å². The van der Waals surface area contributed by atoms with Gasteiger partial charge in [0.1, 0.15) is 0 Å². The van der Waals surface area contributed by atoms with E-state index in [2.05, 4.69) is 6.07 Å². The standard InChI is InChI=1S/C14H20O2/c1-11(10-15)5-3-6-13-7-4-8-14(9-13)12(2)16/h4,7-9,11,15H,3,5-6,10H2,1-2H3. The molecule has 0 spiro atoms. The molecule has 0 aliphatic rings. The first kappa shape index (κ1) is 12.9. The van der Waals surface area contributed by atoms with Gasteiger partial charge in [-0.2, -0.15) is 0 Å². The number of aliphatic hydroxyl groups excluding tert-OH is 1. The number of ketones is 1. The van der Waals surface area contributed by atoms with Crippen LogP contribution in [0.3, 0.4) is 0 Å². The number of aryl methyl sites for hydroxylation is 1. The quantitative estimate of drug-likeness (QED) is 0.748. The summed E-state index contributed by atoms with van der Waals surface area (Å²) in [5.74, 6) is 0.488. The minimum atomic E-state index is 0.116. The highest BCUT2D eigenvalue weighted by molar-refractivity contribution is 5.94. The second-order valence-electron chi connectivity index (χ2n) is 4.44. The molecule has 0 bridgehead atoms. The Labute approximate surface area is 97.3 Å². The first-order valence-corrected chi connectivity index (χ1v) is 5.84. The molecule has 1 N–H and O–H groups in total. The third kappa shape index (κ3) is 4.15. The van der Waals surface area contributed by atoms with Gasteiger partial charge < -0.3 is 5.11 Å². The predicted molar refractivity (Wildman–Crippen MR) is 65.6 cm³/mol. The molecular formula is C14H20O2. The Morgan fingerprint density at radius 2 is 2.19 bits per heavy atom. The Morgan fingerprint density at radius 3 is 2.81 bits per heavy atom. The molecule has 1 rings (SSSR count). The summed E-state index contributed by atoms with van der Waals surface area (Å²) >= 11 is 0. The summed E-state index contributed by atoms with van der Waals surface area (Å²) in [6.45, 7) is 3.90. The third-order valence-corrected chi connectivity index (χ3v) is 2.81. The predicted octanol–water partition coefficient (Wildman–Crippen LogP) is 2.84. The summed E-state index contributed by atoms with van der Waals surface area (Å²) in [7, 11) is 0. The van der Waals surface area contributed by atoms with Crippen molar-refractivity contribution in [2.45, 2.75) is 33.1 Å². The van der Waals surface area contributed by atoms with Gasteiger partial charge >= 0.3 is 0 Å². The first-order valence-electron chi connectivity index (χ1n) is 5.84. The highest BCUT2D eigenvalue weighted by Gasteiger charge is 2.02. The number of aliphatic hydroxyl groups is 1. The fourth-order valence-corrected chi connectivity index (χ4v) is 1.69. The van der Waals surface area contributed by atoms with Crippen LogP contribution in [0.25, 0.3) is 0 Å². The van der Waals surface area contributed by atoms with Crippen molar-refractivity contribution in [3.05, 3.63) is 35.4 Å².